The molecule has 0 fully saturated rings. The van der Waals surface area contributed by atoms with Crippen molar-refractivity contribution < 1.29 is 0 Å². The van der Waals surface area contributed by atoms with Gasteiger partial charge < -0.3 is 9.88 Å². The van der Waals surface area contributed by atoms with Crippen LogP contribution in [0.1, 0.15) is 45.9 Å². The normalized spacial score (nSPS) is 13.5. The van der Waals surface area contributed by atoms with E-state index in [-0.39, 0.29) is 0 Å². The average Bonchev–Trinajstić information content (AvgIpc) is 2.61. The lowest BCUT2D eigenvalue weighted by molar-refractivity contribution is 0.489. The van der Waals surface area contributed by atoms with E-state index in [9.17, 15) is 0 Å². The molecule has 3 heteroatoms. The topological polar surface area (TPSA) is 29.9 Å². The third-order valence-electron chi connectivity index (χ3n) is 2.50. The molecular weight excluding hydrogens is 174 g/mol. The van der Waals surface area contributed by atoms with Crippen LogP contribution in [-0.2, 0) is 6.54 Å². The minimum absolute atomic E-state index is 0.523. The van der Waals surface area contributed by atoms with Crippen LogP contribution in [0.5, 0.6) is 0 Å². The number of hydrogen-bond donors (Lipinski definition) is 1. The monoisotopic (exact) mass is 195 g/mol. The standard InChI is InChI=1S/C11H21N3/c1-5-10(4)14-8-12-6-11(14)7-13-9(2)3/h6,8-10,13H,5,7H2,1-4H3. The van der Waals surface area contributed by atoms with Crippen LogP contribution in [0.2, 0.25) is 0 Å². The van der Waals surface area contributed by atoms with Crippen molar-refractivity contribution in [1.29, 1.82) is 0 Å². The lowest BCUT2D eigenvalue weighted by atomic mass is 10.2. The smallest absolute Gasteiger partial charge is 0.0951 e. The Morgan fingerprint density at radius 3 is 2.71 bits per heavy atom. The van der Waals surface area contributed by atoms with E-state index in [0.717, 1.165) is 13.0 Å². The first kappa shape index (κ1) is 11.2. The molecule has 1 atom stereocenters. The van der Waals surface area contributed by atoms with Crippen molar-refractivity contribution in [3.63, 3.8) is 0 Å². The SMILES string of the molecule is CCC(C)n1cncc1CNC(C)C. The fraction of sp³-hybridized carbons (Fsp3) is 0.727. The molecule has 1 N–H and O–H groups in total. The molecule has 0 aromatic carbocycles. The minimum atomic E-state index is 0.523. The number of rotatable bonds is 5. The van der Waals surface area contributed by atoms with Gasteiger partial charge in [0.15, 0.2) is 0 Å². The summed E-state index contributed by atoms with van der Waals surface area (Å²) in [5.74, 6) is 0. The summed E-state index contributed by atoms with van der Waals surface area (Å²) in [6.45, 7) is 9.64. The van der Waals surface area contributed by atoms with Crippen molar-refractivity contribution in [2.75, 3.05) is 0 Å². The van der Waals surface area contributed by atoms with Gasteiger partial charge in [-0.1, -0.05) is 20.8 Å². The van der Waals surface area contributed by atoms with Gasteiger partial charge in [-0.2, -0.15) is 0 Å². The zero-order valence-corrected chi connectivity index (χ0v) is 9.62. The van der Waals surface area contributed by atoms with E-state index in [1.165, 1.54) is 5.69 Å². The zero-order chi connectivity index (χ0) is 10.6. The first-order chi connectivity index (χ1) is 6.65. The number of imidazole rings is 1. The van der Waals surface area contributed by atoms with E-state index < -0.39 is 0 Å². The number of nitrogens with zero attached hydrogens (tertiary/aromatic N) is 2. The van der Waals surface area contributed by atoms with Crippen LogP contribution in [0.15, 0.2) is 12.5 Å². The van der Waals surface area contributed by atoms with Gasteiger partial charge in [0, 0.05) is 24.8 Å². The van der Waals surface area contributed by atoms with Crippen LogP contribution < -0.4 is 5.32 Å². The summed E-state index contributed by atoms with van der Waals surface area (Å²) in [6, 6.07) is 1.07. The summed E-state index contributed by atoms with van der Waals surface area (Å²) in [7, 11) is 0. The highest BCUT2D eigenvalue weighted by molar-refractivity contribution is 4.99. The Morgan fingerprint density at radius 2 is 2.14 bits per heavy atom. The van der Waals surface area contributed by atoms with E-state index in [1.54, 1.807) is 0 Å². The molecule has 0 saturated heterocycles. The van der Waals surface area contributed by atoms with Crippen LogP contribution in [0.4, 0.5) is 0 Å². The van der Waals surface area contributed by atoms with E-state index >= 15 is 0 Å². The van der Waals surface area contributed by atoms with Crippen LogP contribution >= 0.6 is 0 Å². The largest absolute Gasteiger partial charge is 0.331 e. The maximum atomic E-state index is 4.19. The second-order valence-corrected chi connectivity index (χ2v) is 4.09. The second-order valence-electron chi connectivity index (χ2n) is 4.09. The summed E-state index contributed by atoms with van der Waals surface area (Å²) in [5.41, 5.74) is 1.27. The van der Waals surface area contributed by atoms with E-state index in [4.69, 9.17) is 0 Å². The number of hydrogen-bond acceptors (Lipinski definition) is 2. The Bertz CT molecular complexity index is 265. The fourth-order valence-corrected chi connectivity index (χ4v) is 1.37. The van der Waals surface area contributed by atoms with Crippen molar-refractivity contribution in [3.8, 4) is 0 Å². The van der Waals surface area contributed by atoms with Crippen molar-refractivity contribution in [2.24, 2.45) is 0 Å². The first-order valence-electron chi connectivity index (χ1n) is 5.39. The molecule has 14 heavy (non-hydrogen) atoms. The van der Waals surface area contributed by atoms with Gasteiger partial charge in [-0.25, -0.2) is 4.98 Å². The van der Waals surface area contributed by atoms with Gasteiger partial charge >= 0.3 is 0 Å². The van der Waals surface area contributed by atoms with Gasteiger partial charge in [0.1, 0.15) is 0 Å². The third-order valence-corrected chi connectivity index (χ3v) is 2.50. The molecule has 0 bridgehead atoms. The Kier molecular flexibility index (Phi) is 4.14. The molecule has 0 aliphatic heterocycles. The molecule has 1 rings (SSSR count). The van der Waals surface area contributed by atoms with Gasteiger partial charge in [-0.3, -0.25) is 0 Å². The van der Waals surface area contributed by atoms with Gasteiger partial charge in [-0.15, -0.1) is 0 Å². The Hall–Kier alpha value is -0.830. The molecule has 3 nitrogen and oxygen atoms in total. The van der Waals surface area contributed by atoms with Gasteiger partial charge in [0.25, 0.3) is 0 Å². The van der Waals surface area contributed by atoms with Crippen molar-refractivity contribution in [3.05, 3.63) is 18.2 Å². The van der Waals surface area contributed by atoms with Crippen LogP contribution in [0.25, 0.3) is 0 Å². The van der Waals surface area contributed by atoms with Gasteiger partial charge in [0.05, 0.1) is 12.0 Å². The molecule has 1 aromatic heterocycles. The first-order valence-corrected chi connectivity index (χ1v) is 5.39. The Balaban J connectivity index is 2.62. The van der Waals surface area contributed by atoms with Crippen LogP contribution in [-0.4, -0.2) is 15.6 Å². The summed E-state index contributed by atoms with van der Waals surface area (Å²) < 4.78 is 2.25. The molecule has 1 heterocycles. The molecule has 1 aromatic rings. The summed E-state index contributed by atoms with van der Waals surface area (Å²) in [6.07, 6.45) is 5.01. The molecule has 0 spiro atoms. The summed E-state index contributed by atoms with van der Waals surface area (Å²) in [5, 5.41) is 3.41. The average molecular weight is 195 g/mol. The molecule has 1 unspecified atom stereocenters. The van der Waals surface area contributed by atoms with E-state index in [2.05, 4.69) is 42.6 Å². The summed E-state index contributed by atoms with van der Waals surface area (Å²) in [4.78, 5) is 4.19. The third kappa shape index (κ3) is 2.84. The fourth-order valence-electron chi connectivity index (χ4n) is 1.37. The molecule has 0 aliphatic carbocycles. The quantitative estimate of drug-likeness (QED) is 0.781. The van der Waals surface area contributed by atoms with Crippen LogP contribution in [0, 0.1) is 0 Å². The molecule has 0 aliphatic rings. The van der Waals surface area contributed by atoms with Crippen molar-refractivity contribution >= 4 is 0 Å². The maximum absolute atomic E-state index is 4.19. The lowest BCUT2D eigenvalue weighted by Crippen LogP contribution is -2.23. The minimum Gasteiger partial charge on any atom is -0.331 e. The molecule has 80 valence electrons. The molecular formula is C11H21N3. The Morgan fingerprint density at radius 1 is 1.43 bits per heavy atom. The Labute approximate surface area is 86.5 Å². The van der Waals surface area contributed by atoms with E-state index in [1.807, 2.05) is 12.5 Å². The molecule has 0 radical (unpaired) electrons. The van der Waals surface area contributed by atoms with Gasteiger partial charge in [0.2, 0.25) is 0 Å². The second kappa shape index (κ2) is 5.15. The highest BCUT2D eigenvalue weighted by atomic mass is 15.1. The molecule has 0 amide bonds. The number of nitrogens with one attached hydrogen (secondary N) is 1. The van der Waals surface area contributed by atoms with Crippen LogP contribution in [0.3, 0.4) is 0 Å². The maximum Gasteiger partial charge on any atom is 0.0951 e. The molecule has 0 saturated carbocycles. The van der Waals surface area contributed by atoms with Crippen molar-refractivity contribution in [2.45, 2.75) is 52.7 Å². The number of aromatic nitrogens is 2. The predicted octanol–water partition coefficient (Wildman–Crippen LogP) is 2.35. The summed E-state index contributed by atoms with van der Waals surface area (Å²) >= 11 is 0. The zero-order valence-electron chi connectivity index (χ0n) is 9.62. The van der Waals surface area contributed by atoms with E-state index in [0.29, 0.717) is 12.1 Å². The highest BCUT2D eigenvalue weighted by Gasteiger charge is 2.07. The predicted molar refractivity (Wildman–Crippen MR) is 59.2 cm³/mol. The van der Waals surface area contributed by atoms with Gasteiger partial charge in [-0.05, 0) is 13.3 Å². The van der Waals surface area contributed by atoms with Crippen molar-refractivity contribution in [1.82, 2.24) is 14.9 Å². The lowest BCUT2D eigenvalue weighted by Gasteiger charge is -2.15. The highest BCUT2D eigenvalue weighted by Crippen LogP contribution is 2.12.